The number of likely N-dealkylation sites (tertiary alicyclic amines) is 1. The maximum atomic E-state index is 12.7. The number of hydrogen-bond acceptors (Lipinski definition) is 6. The third-order valence-electron chi connectivity index (χ3n) is 6.34. The van der Waals surface area contributed by atoms with E-state index in [2.05, 4.69) is 38.2 Å². The van der Waals surface area contributed by atoms with Crippen molar-refractivity contribution in [1.29, 1.82) is 0 Å². The van der Waals surface area contributed by atoms with Crippen LogP contribution in [0.25, 0.3) is 21.9 Å². The number of alkyl halides is 3. The smallest absolute Gasteiger partial charge is 0.383 e. The Morgan fingerprint density at radius 1 is 1.27 bits per heavy atom. The lowest BCUT2D eigenvalue weighted by Crippen LogP contribution is -2.38. The van der Waals surface area contributed by atoms with E-state index in [0.29, 0.717) is 16.6 Å². The molecule has 0 spiro atoms. The Morgan fingerprint density at radius 3 is 2.84 bits per heavy atom. The highest BCUT2D eigenvalue weighted by molar-refractivity contribution is 5.93. The second-order valence-corrected chi connectivity index (χ2v) is 8.69. The molecule has 1 fully saturated rings. The van der Waals surface area contributed by atoms with Gasteiger partial charge in [-0.1, -0.05) is 12.5 Å². The quantitative estimate of drug-likeness (QED) is 0.335. The molecule has 0 radical (unpaired) electrons. The van der Waals surface area contributed by atoms with Crippen LogP contribution in [0.4, 0.5) is 19.0 Å². The van der Waals surface area contributed by atoms with Crippen LogP contribution >= 0.6 is 0 Å². The summed E-state index contributed by atoms with van der Waals surface area (Å²) in [4.78, 5) is 22.2. The van der Waals surface area contributed by atoms with Crippen molar-refractivity contribution in [2.75, 3.05) is 18.9 Å². The largest absolute Gasteiger partial charge is 0.522 e. The van der Waals surface area contributed by atoms with E-state index in [-0.39, 0.29) is 18.8 Å². The van der Waals surface area contributed by atoms with E-state index >= 15 is 0 Å². The number of nitrogens with zero attached hydrogens (tertiary/aromatic N) is 6. The molecular formula is C25H22F3N7O2. The molecular weight excluding hydrogens is 487 g/mol. The molecule has 190 valence electrons. The normalized spacial score (nSPS) is 17.8. The van der Waals surface area contributed by atoms with Crippen LogP contribution in [0.5, 0.6) is 0 Å². The van der Waals surface area contributed by atoms with Gasteiger partial charge in [0.15, 0.2) is 0 Å². The second kappa shape index (κ2) is 9.25. The zero-order chi connectivity index (χ0) is 26.3. The molecule has 1 amide bonds. The fourth-order valence-electron chi connectivity index (χ4n) is 4.63. The van der Waals surface area contributed by atoms with Gasteiger partial charge < -0.3 is 15.2 Å². The molecule has 1 aliphatic rings. The molecule has 4 aromatic rings. The zero-order valence-electron chi connectivity index (χ0n) is 19.7. The minimum absolute atomic E-state index is 0.124. The van der Waals surface area contributed by atoms with Crippen molar-refractivity contribution >= 4 is 33.7 Å². The lowest BCUT2D eigenvalue weighted by Gasteiger charge is -2.23. The molecule has 1 aliphatic heterocycles. The minimum Gasteiger partial charge on any atom is -0.383 e. The topological polar surface area (TPSA) is 104 Å². The van der Waals surface area contributed by atoms with Crippen molar-refractivity contribution in [3.63, 3.8) is 0 Å². The highest BCUT2D eigenvalue weighted by Gasteiger charge is 2.39. The predicted molar refractivity (Wildman–Crippen MR) is 130 cm³/mol. The first-order valence-electron chi connectivity index (χ1n) is 11.3. The third kappa shape index (κ3) is 4.73. The number of fused-ring (bicyclic) bond motifs is 2. The summed E-state index contributed by atoms with van der Waals surface area (Å²) >= 11 is 0. The first-order chi connectivity index (χ1) is 17.6. The van der Waals surface area contributed by atoms with E-state index in [1.165, 1.54) is 11.1 Å². The summed E-state index contributed by atoms with van der Waals surface area (Å²) < 4.78 is 45.7. The van der Waals surface area contributed by atoms with Crippen LogP contribution in [-0.4, -0.2) is 60.7 Å². The molecule has 9 nitrogen and oxygen atoms in total. The maximum Gasteiger partial charge on any atom is 0.522 e. The SMILES string of the molecule is C=CC(=O)N1CC(n2nc(C#Cc3ccc4c(c3)ncn4C)c3c(N)nccc32)C[C@@H]1COC(F)(F)F. The van der Waals surface area contributed by atoms with Gasteiger partial charge in [-0.15, -0.1) is 13.2 Å². The number of imidazole rings is 1. The van der Waals surface area contributed by atoms with E-state index in [0.717, 1.165) is 22.7 Å². The summed E-state index contributed by atoms with van der Waals surface area (Å²) in [5, 5.41) is 5.19. The lowest BCUT2D eigenvalue weighted by atomic mass is 10.1. The number of ether oxygens (including phenoxy) is 1. The van der Waals surface area contributed by atoms with Gasteiger partial charge in [-0.25, -0.2) is 9.97 Å². The Bertz CT molecular complexity index is 1580. The molecule has 12 heteroatoms. The molecule has 37 heavy (non-hydrogen) atoms. The Hall–Kier alpha value is -4.37. The number of carbonyl (C=O) groups excluding carboxylic acids is 1. The van der Waals surface area contributed by atoms with Gasteiger partial charge in [-0.2, -0.15) is 5.10 Å². The molecule has 0 saturated carbocycles. The Kier molecular flexibility index (Phi) is 6.08. The molecule has 4 heterocycles. The number of hydrogen-bond donors (Lipinski definition) is 1. The fourth-order valence-corrected chi connectivity index (χ4v) is 4.63. The maximum absolute atomic E-state index is 12.7. The van der Waals surface area contributed by atoms with Gasteiger partial charge in [0.1, 0.15) is 11.5 Å². The fraction of sp³-hybridized carbons (Fsp3) is 0.280. The van der Waals surface area contributed by atoms with Gasteiger partial charge in [0, 0.05) is 25.4 Å². The van der Waals surface area contributed by atoms with E-state index < -0.39 is 31.0 Å². The van der Waals surface area contributed by atoms with E-state index in [1.54, 1.807) is 17.1 Å². The number of nitrogen functional groups attached to an aromatic ring is 1. The molecule has 1 unspecified atom stereocenters. The summed E-state index contributed by atoms with van der Waals surface area (Å²) in [7, 11) is 1.90. The third-order valence-corrected chi connectivity index (χ3v) is 6.34. The van der Waals surface area contributed by atoms with Crippen LogP contribution in [0.3, 0.4) is 0 Å². The number of aromatic nitrogens is 5. The Balaban J connectivity index is 1.51. The zero-order valence-corrected chi connectivity index (χ0v) is 19.7. The van der Waals surface area contributed by atoms with Crippen molar-refractivity contribution in [1.82, 2.24) is 29.2 Å². The second-order valence-electron chi connectivity index (χ2n) is 8.69. The molecule has 5 rings (SSSR count). The van der Waals surface area contributed by atoms with Gasteiger partial charge in [0.2, 0.25) is 5.91 Å². The van der Waals surface area contributed by atoms with E-state index in [4.69, 9.17) is 5.73 Å². The number of halogens is 3. The highest BCUT2D eigenvalue weighted by atomic mass is 19.4. The standard InChI is InChI=1S/C25H22F3N7O2/c1-3-22(36)34-12-16(11-17(34)13-37-25(26,27)28)35-21-8-9-30-24(29)23(21)18(32-35)6-4-15-5-7-20-19(10-15)31-14-33(20)2/h3,5,7-10,14,16-17H,1,11-13H2,2H3,(H2,29,30)/t16?,17-/m1/s1. The van der Waals surface area contributed by atoms with Crippen molar-refractivity contribution < 1.29 is 22.7 Å². The highest BCUT2D eigenvalue weighted by Crippen LogP contribution is 2.33. The van der Waals surface area contributed by atoms with Gasteiger partial charge in [-0.05, 0) is 42.7 Å². The van der Waals surface area contributed by atoms with Crippen LogP contribution in [0.1, 0.15) is 23.7 Å². The monoisotopic (exact) mass is 509 g/mol. The summed E-state index contributed by atoms with van der Waals surface area (Å²) in [6.45, 7) is 2.89. The number of aryl methyl sites for hydroxylation is 1. The first-order valence-corrected chi connectivity index (χ1v) is 11.3. The van der Waals surface area contributed by atoms with Gasteiger partial charge in [-0.3, -0.25) is 14.2 Å². The van der Waals surface area contributed by atoms with Crippen LogP contribution in [0, 0.1) is 11.8 Å². The predicted octanol–water partition coefficient (Wildman–Crippen LogP) is 3.16. The number of pyridine rings is 1. The minimum atomic E-state index is -4.81. The molecule has 0 aliphatic carbocycles. The van der Waals surface area contributed by atoms with Crippen molar-refractivity contribution in [2.24, 2.45) is 7.05 Å². The van der Waals surface area contributed by atoms with Crippen molar-refractivity contribution in [3.8, 4) is 11.8 Å². The first kappa shape index (κ1) is 24.3. The molecule has 1 aromatic carbocycles. The summed E-state index contributed by atoms with van der Waals surface area (Å²) in [6, 6.07) is 6.13. The number of carbonyl (C=O) groups is 1. The summed E-state index contributed by atoms with van der Waals surface area (Å²) in [5.74, 6) is 5.88. The van der Waals surface area contributed by atoms with Crippen molar-refractivity contribution in [3.05, 3.63) is 60.7 Å². The van der Waals surface area contributed by atoms with Crippen molar-refractivity contribution in [2.45, 2.75) is 24.9 Å². The summed E-state index contributed by atoms with van der Waals surface area (Å²) in [6.07, 6.45) is -0.299. The molecule has 0 bridgehead atoms. The van der Waals surface area contributed by atoms with Crippen LogP contribution < -0.4 is 5.73 Å². The molecule has 2 N–H and O–H groups in total. The van der Waals surface area contributed by atoms with Crippen LogP contribution in [-0.2, 0) is 16.6 Å². The number of nitrogens with two attached hydrogens (primary N) is 1. The number of rotatable bonds is 4. The van der Waals surface area contributed by atoms with E-state index in [1.807, 2.05) is 29.8 Å². The molecule has 2 atom stereocenters. The Labute approximate surface area is 209 Å². The van der Waals surface area contributed by atoms with Gasteiger partial charge in [0.25, 0.3) is 0 Å². The lowest BCUT2D eigenvalue weighted by molar-refractivity contribution is -0.327. The molecule has 1 saturated heterocycles. The van der Waals surface area contributed by atoms with Gasteiger partial charge in [0.05, 0.1) is 47.0 Å². The average molecular weight is 509 g/mol. The van der Waals surface area contributed by atoms with E-state index in [9.17, 15) is 18.0 Å². The number of anilines is 1. The summed E-state index contributed by atoms with van der Waals surface area (Å²) in [5.41, 5.74) is 9.65. The van der Waals surface area contributed by atoms with Crippen LogP contribution in [0.15, 0.2) is 49.4 Å². The average Bonchev–Trinajstić information content (AvgIpc) is 3.56. The number of benzene rings is 1. The van der Waals surface area contributed by atoms with Crippen LogP contribution in [0.2, 0.25) is 0 Å². The Morgan fingerprint density at radius 2 is 2.08 bits per heavy atom. The van der Waals surface area contributed by atoms with Gasteiger partial charge >= 0.3 is 6.36 Å². The molecule has 3 aromatic heterocycles. The number of amides is 1.